The van der Waals surface area contributed by atoms with E-state index in [1.165, 1.54) is 6.92 Å². The second-order valence-corrected chi connectivity index (χ2v) is 8.85. The molecule has 0 aromatic heterocycles. The van der Waals surface area contributed by atoms with Crippen molar-refractivity contribution in [3.05, 3.63) is 57.7 Å². The van der Waals surface area contributed by atoms with Gasteiger partial charge in [0.1, 0.15) is 18.1 Å². The summed E-state index contributed by atoms with van der Waals surface area (Å²) < 4.78 is 11.4. The zero-order valence-corrected chi connectivity index (χ0v) is 21.2. The number of carbonyl (C=O) groups is 3. The molecule has 1 aliphatic heterocycles. The molecule has 0 saturated carbocycles. The molecule has 0 bridgehead atoms. The molecule has 0 unspecified atom stereocenters. The first-order valence-corrected chi connectivity index (χ1v) is 12.1. The number of carbonyl (C=O) groups excluding carboxylic acids is 3. The van der Waals surface area contributed by atoms with Crippen LogP contribution < -0.4 is 20.1 Å². The van der Waals surface area contributed by atoms with Crippen molar-refractivity contribution in [1.82, 2.24) is 5.32 Å². The molecule has 0 aliphatic carbocycles. The molecule has 186 valence electrons. The van der Waals surface area contributed by atoms with Crippen molar-refractivity contribution in [2.75, 3.05) is 18.5 Å². The maximum absolute atomic E-state index is 13.0. The Morgan fingerprint density at radius 2 is 1.77 bits per heavy atom. The van der Waals surface area contributed by atoms with Gasteiger partial charge in [-0.15, -0.1) is 0 Å². The average Bonchev–Trinajstić information content (AvgIpc) is 2.84. The fourth-order valence-electron chi connectivity index (χ4n) is 4.08. The van der Waals surface area contributed by atoms with Gasteiger partial charge in [0.15, 0.2) is 0 Å². The maximum atomic E-state index is 13.0. The number of hydrogen-bond acceptors (Lipinski definition) is 5. The Morgan fingerprint density at radius 1 is 1.00 bits per heavy atom. The SMILES string of the molecule is CCCCCCNC(=O)c1cccc(NC(=O)C2=Cc3c(C)c(OC(C)=O)c(C)c(C)c3OC2)c1. The van der Waals surface area contributed by atoms with Crippen molar-refractivity contribution in [3.8, 4) is 11.5 Å². The molecule has 2 aromatic carbocycles. The Labute approximate surface area is 206 Å². The van der Waals surface area contributed by atoms with Crippen LogP contribution in [0.15, 0.2) is 29.8 Å². The number of fused-ring (bicyclic) bond motifs is 1. The van der Waals surface area contributed by atoms with Crippen molar-refractivity contribution in [2.45, 2.75) is 60.3 Å². The van der Waals surface area contributed by atoms with Gasteiger partial charge in [-0.25, -0.2) is 0 Å². The number of ether oxygens (including phenoxy) is 2. The van der Waals surface area contributed by atoms with Crippen LogP contribution in [0.25, 0.3) is 6.08 Å². The molecule has 1 heterocycles. The van der Waals surface area contributed by atoms with Gasteiger partial charge in [-0.05, 0) is 62.6 Å². The summed E-state index contributed by atoms with van der Waals surface area (Å²) in [5.41, 5.74) is 4.61. The summed E-state index contributed by atoms with van der Waals surface area (Å²) in [5, 5.41) is 5.79. The summed E-state index contributed by atoms with van der Waals surface area (Å²) in [7, 11) is 0. The normalized spacial score (nSPS) is 12.2. The number of esters is 1. The minimum absolute atomic E-state index is 0.114. The number of unbranched alkanes of at least 4 members (excludes halogenated alkanes) is 3. The number of rotatable bonds is 9. The van der Waals surface area contributed by atoms with Crippen LogP contribution >= 0.6 is 0 Å². The van der Waals surface area contributed by atoms with E-state index in [9.17, 15) is 14.4 Å². The van der Waals surface area contributed by atoms with E-state index in [0.717, 1.165) is 47.9 Å². The highest BCUT2D eigenvalue weighted by molar-refractivity contribution is 6.08. The third-order valence-corrected chi connectivity index (χ3v) is 6.16. The van der Waals surface area contributed by atoms with Crippen LogP contribution in [-0.4, -0.2) is 30.9 Å². The molecule has 7 nitrogen and oxygen atoms in total. The third-order valence-electron chi connectivity index (χ3n) is 6.16. The smallest absolute Gasteiger partial charge is 0.308 e. The molecular formula is C28H34N2O5. The van der Waals surface area contributed by atoms with E-state index in [1.54, 1.807) is 30.3 Å². The molecule has 0 spiro atoms. The Morgan fingerprint density at radius 3 is 2.49 bits per heavy atom. The molecule has 2 N–H and O–H groups in total. The highest BCUT2D eigenvalue weighted by Gasteiger charge is 2.25. The highest BCUT2D eigenvalue weighted by atomic mass is 16.5. The van der Waals surface area contributed by atoms with Crippen molar-refractivity contribution < 1.29 is 23.9 Å². The predicted molar refractivity (Wildman–Crippen MR) is 137 cm³/mol. The van der Waals surface area contributed by atoms with Gasteiger partial charge in [-0.2, -0.15) is 0 Å². The number of benzene rings is 2. The second-order valence-electron chi connectivity index (χ2n) is 8.85. The number of anilines is 1. The first kappa shape index (κ1) is 26.0. The van der Waals surface area contributed by atoms with E-state index < -0.39 is 5.97 Å². The van der Waals surface area contributed by atoms with Gasteiger partial charge >= 0.3 is 5.97 Å². The van der Waals surface area contributed by atoms with Crippen LogP contribution in [-0.2, 0) is 9.59 Å². The minimum Gasteiger partial charge on any atom is -0.488 e. The minimum atomic E-state index is -0.404. The number of nitrogens with one attached hydrogen (secondary N) is 2. The Bertz CT molecular complexity index is 1170. The van der Waals surface area contributed by atoms with E-state index in [0.29, 0.717) is 34.9 Å². The largest absolute Gasteiger partial charge is 0.488 e. The van der Waals surface area contributed by atoms with Crippen LogP contribution in [0.5, 0.6) is 11.5 Å². The van der Waals surface area contributed by atoms with Crippen LogP contribution in [0.4, 0.5) is 5.69 Å². The van der Waals surface area contributed by atoms with Crippen LogP contribution in [0.2, 0.25) is 0 Å². The van der Waals surface area contributed by atoms with E-state index in [1.807, 2.05) is 20.8 Å². The molecule has 0 atom stereocenters. The number of amides is 2. The lowest BCUT2D eigenvalue weighted by Crippen LogP contribution is -2.25. The van der Waals surface area contributed by atoms with Gasteiger partial charge < -0.3 is 20.1 Å². The Kier molecular flexibility index (Phi) is 8.68. The zero-order valence-electron chi connectivity index (χ0n) is 21.2. The molecule has 1 aliphatic rings. The van der Waals surface area contributed by atoms with Gasteiger partial charge in [0.25, 0.3) is 11.8 Å². The Balaban J connectivity index is 1.75. The fraction of sp³-hybridized carbons (Fsp3) is 0.393. The van der Waals surface area contributed by atoms with Crippen molar-refractivity contribution in [3.63, 3.8) is 0 Å². The molecule has 3 rings (SSSR count). The van der Waals surface area contributed by atoms with Crippen LogP contribution in [0, 0.1) is 20.8 Å². The highest BCUT2D eigenvalue weighted by Crippen LogP contribution is 2.41. The molecular weight excluding hydrogens is 444 g/mol. The summed E-state index contributed by atoms with van der Waals surface area (Å²) in [6.45, 7) is 9.88. The monoisotopic (exact) mass is 478 g/mol. The second kappa shape index (κ2) is 11.7. The summed E-state index contributed by atoms with van der Waals surface area (Å²) in [4.78, 5) is 37.1. The first-order valence-electron chi connectivity index (χ1n) is 12.1. The van der Waals surface area contributed by atoms with Crippen molar-refractivity contribution in [2.24, 2.45) is 0 Å². The molecule has 2 amide bonds. The maximum Gasteiger partial charge on any atom is 0.308 e. The van der Waals surface area contributed by atoms with Gasteiger partial charge in [0.05, 0.1) is 5.57 Å². The molecule has 35 heavy (non-hydrogen) atoms. The fourth-order valence-corrected chi connectivity index (χ4v) is 4.08. The lowest BCUT2D eigenvalue weighted by molar-refractivity contribution is -0.132. The van der Waals surface area contributed by atoms with Gasteiger partial charge in [0, 0.05) is 35.8 Å². The average molecular weight is 479 g/mol. The van der Waals surface area contributed by atoms with Crippen LogP contribution in [0.3, 0.4) is 0 Å². The zero-order chi connectivity index (χ0) is 25.5. The Hall–Kier alpha value is -3.61. The van der Waals surface area contributed by atoms with Crippen molar-refractivity contribution in [1.29, 1.82) is 0 Å². The molecule has 2 aromatic rings. The summed E-state index contributed by atoms with van der Waals surface area (Å²) in [5.74, 6) is 0.290. The standard InChI is InChI=1S/C28H34N2O5/c1-6-7-8-9-13-29-27(32)21-11-10-12-23(14-21)30-28(33)22-15-24-19(4)25(35-20(5)31)17(2)18(3)26(24)34-16-22/h10-12,14-15H,6-9,13,16H2,1-5H3,(H,29,32)(H,30,33). The van der Waals surface area contributed by atoms with Gasteiger partial charge in [0.2, 0.25) is 0 Å². The van der Waals surface area contributed by atoms with Crippen LogP contribution in [0.1, 0.15) is 72.1 Å². The molecule has 0 fully saturated rings. The summed E-state index contributed by atoms with van der Waals surface area (Å²) in [6, 6.07) is 6.87. The number of hydrogen-bond donors (Lipinski definition) is 2. The van der Waals surface area contributed by atoms with E-state index in [4.69, 9.17) is 9.47 Å². The van der Waals surface area contributed by atoms with E-state index in [2.05, 4.69) is 17.6 Å². The lowest BCUT2D eigenvalue weighted by atomic mass is 9.94. The lowest BCUT2D eigenvalue weighted by Gasteiger charge is -2.24. The predicted octanol–water partition coefficient (Wildman–Crippen LogP) is 5.26. The summed E-state index contributed by atoms with van der Waals surface area (Å²) >= 11 is 0. The van der Waals surface area contributed by atoms with Gasteiger partial charge in [-0.1, -0.05) is 32.3 Å². The van der Waals surface area contributed by atoms with E-state index in [-0.39, 0.29) is 18.4 Å². The van der Waals surface area contributed by atoms with E-state index >= 15 is 0 Å². The van der Waals surface area contributed by atoms with Gasteiger partial charge in [-0.3, -0.25) is 14.4 Å². The molecule has 0 saturated heterocycles. The first-order chi connectivity index (χ1) is 16.7. The molecule has 0 radical (unpaired) electrons. The summed E-state index contributed by atoms with van der Waals surface area (Å²) in [6.07, 6.45) is 6.12. The molecule has 7 heteroatoms. The topological polar surface area (TPSA) is 93.7 Å². The quantitative estimate of drug-likeness (QED) is 0.291. The van der Waals surface area contributed by atoms with Crippen molar-refractivity contribution >= 4 is 29.5 Å². The third kappa shape index (κ3) is 6.29.